The molecule has 3 aromatic rings. The van der Waals surface area contributed by atoms with Crippen LogP contribution >= 0.6 is 0 Å². The van der Waals surface area contributed by atoms with E-state index in [0.29, 0.717) is 12.3 Å². The summed E-state index contributed by atoms with van der Waals surface area (Å²) in [5.41, 5.74) is 2.05. The molecule has 1 aliphatic heterocycles. The zero-order valence-corrected chi connectivity index (χ0v) is 15.5. The molecular weight excluding hydrogens is 354 g/mol. The number of phenolic OH excluding ortho intramolecular Hbond substituents is 1. The Hall–Kier alpha value is -3.47. The van der Waals surface area contributed by atoms with Crippen molar-refractivity contribution >= 4 is 5.91 Å². The van der Waals surface area contributed by atoms with Crippen molar-refractivity contribution in [1.29, 1.82) is 0 Å². The topological polar surface area (TPSA) is 59.0 Å². The number of nitrogens with zero attached hydrogens (tertiary/aromatic N) is 1. The standard InChI is InChI=1S/C23H21NO4/c1-27-19-11-7-17(8-12-19)21-22(28-20-13-9-18(25)10-14-20)23(26)24(21)15-16-5-3-2-4-6-16/h2-14,21-22,25H,15H2,1H3/t21-,22+/m0/s1. The highest BCUT2D eigenvalue weighted by Gasteiger charge is 2.50. The Bertz CT molecular complexity index is 939. The van der Waals surface area contributed by atoms with Gasteiger partial charge in [0.25, 0.3) is 5.91 Å². The number of amides is 1. The van der Waals surface area contributed by atoms with Crippen LogP contribution in [0, 0.1) is 0 Å². The summed E-state index contributed by atoms with van der Waals surface area (Å²) < 4.78 is 11.2. The van der Waals surface area contributed by atoms with Gasteiger partial charge in [0.2, 0.25) is 6.10 Å². The van der Waals surface area contributed by atoms with Crippen LogP contribution in [0.15, 0.2) is 78.9 Å². The van der Waals surface area contributed by atoms with Crippen LogP contribution < -0.4 is 9.47 Å². The van der Waals surface area contributed by atoms with Gasteiger partial charge < -0.3 is 19.5 Å². The summed E-state index contributed by atoms with van der Waals surface area (Å²) in [6, 6.07) is 23.8. The van der Waals surface area contributed by atoms with Crippen LogP contribution in [0.2, 0.25) is 0 Å². The summed E-state index contributed by atoms with van der Waals surface area (Å²) in [6.45, 7) is 0.520. The Kier molecular flexibility index (Phi) is 4.89. The Labute approximate surface area is 163 Å². The molecule has 0 spiro atoms. The number of benzene rings is 3. The number of carbonyl (C=O) groups is 1. The van der Waals surface area contributed by atoms with Crippen molar-refractivity contribution in [1.82, 2.24) is 4.90 Å². The molecule has 0 radical (unpaired) electrons. The lowest BCUT2D eigenvalue weighted by Crippen LogP contribution is -2.60. The molecule has 28 heavy (non-hydrogen) atoms. The van der Waals surface area contributed by atoms with Gasteiger partial charge in [-0.3, -0.25) is 4.79 Å². The first kappa shape index (κ1) is 17.9. The predicted molar refractivity (Wildman–Crippen MR) is 105 cm³/mol. The molecule has 1 heterocycles. The lowest BCUT2D eigenvalue weighted by molar-refractivity contribution is -0.165. The summed E-state index contributed by atoms with van der Waals surface area (Å²) in [5, 5.41) is 9.46. The number of aromatic hydroxyl groups is 1. The molecule has 0 aliphatic carbocycles. The lowest BCUT2D eigenvalue weighted by Gasteiger charge is -2.47. The summed E-state index contributed by atoms with van der Waals surface area (Å²) >= 11 is 0. The second kappa shape index (κ2) is 7.64. The van der Waals surface area contributed by atoms with Crippen molar-refractivity contribution in [2.24, 2.45) is 0 Å². The van der Waals surface area contributed by atoms with E-state index in [1.165, 1.54) is 0 Å². The summed E-state index contributed by atoms with van der Waals surface area (Å²) in [5.74, 6) is 1.41. The van der Waals surface area contributed by atoms with E-state index < -0.39 is 6.10 Å². The van der Waals surface area contributed by atoms with E-state index in [-0.39, 0.29) is 17.7 Å². The fraction of sp³-hybridized carbons (Fsp3) is 0.174. The van der Waals surface area contributed by atoms with Gasteiger partial charge in [-0.25, -0.2) is 0 Å². The Morgan fingerprint density at radius 3 is 2.18 bits per heavy atom. The fourth-order valence-corrected chi connectivity index (χ4v) is 3.42. The van der Waals surface area contributed by atoms with Crippen molar-refractivity contribution in [3.63, 3.8) is 0 Å². The molecule has 0 bridgehead atoms. The number of hydrogen-bond acceptors (Lipinski definition) is 4. The largest absolute Gasteiger partial charge is 0.508 e. The van der Waals surface area contributed by atoms with Crippen LogP contribution in [0.1, 0.15) is 17.2 Å². The van der Waals surface area contributed by atoms with E-state index in [4.69, 9.17) is 9.47 Å². The fourth-order valence-electron chi connectivity index (χ4n) is 3.42. The molecule has 3 aromatic carbocycles. The van der Waals surface area contributed by atoms with Crippen molar-refractivity contribution in [3.05, 3.63) is 90.0 Å². The molecule has 142 valence electrons. The Balaban J connectivity index is 1.60. The maximum atomic E-state index is 12.9. The van der Waals surface area contributed by atoms with Gasteiger partial charge in [-0.05, 0) is 47.5 Å². The highest BCUT2D eigenvalue weighted by molar-refractivity contribution is 5.89. The van der Waals surface area contributed by atoms with E-state index in [1.54, 1.807) is 31.4 Å². The minimum absolute atomic E-state index is 0.0576. The second-order valence-electron chi connectivity index (χ2n) is 6.70. The average Bonchev–Trinajstić information content (AvgIpc) is 2.75. The minimum Gasteiger partial charge on any atom is -0.508 e. The van der Waals surface area contributed by atoms with E-state index in [9.17, 15) is 9.90 Å². The molecule has 1 saturated heterocycles. The molecule has 1 N–H and O–H groups in total. The lowest BCUT2D eigenvalue weighted by atomic mass is 9.89. The zero-order valence-electron chi connectivity index (χ0n) is 15.5. The van der Waals surface area contributed by atoms with Gasteiger partial charge in [0.15, 0.2) is 0 Å². The Morgan fingerprint density at radius 2 is 1.54 bits per heavy atom. The summed E-state index contributed by atoms with van der Waals surface area (Å²) in [7, 11) is 1.63. The quantitative estimate of drug-likeness (QED) is 0.663. The third-order valence-electron chi connectivity index (χ3n) is 4.90. The molecule has 4 rings (SSSR count). The highest BCUT2D eigenvalue weighted by atomic mass is 16.5. The first-order valence-corrected chi connectivity index (χ1v) is 9.10. The van der Waals surface area contributed by atoms with Gasteiger partial charge in [-0.2, -0.15) is 0 Å². The number of hydrogen-bond donors (Lipinski definition) is 1. The number of phenols is 1. The number of likely N-dealkylation sites (tertiary alicyclic amines) is 1. The zero-order chi connectivity index (χ0) is 19.5. The third-order valence-corrected chi connectivity index (χ3v) is 4.90. The molecule has 5 heteroatoms. The minimum atomic E-state index is -0.610. The van der Waals surface area contributed by atoms with E-state index in [1.807, 2.05) is 59.5 Å². The van der Waals surface area contributed by atoms with Crippen molar-refractivity contribution in [2.45, 2.75) is 18.7 Å². The normalized spacial score (nSPS) is 18.5. The number of rotatable bonds is 6. The number of ether oxygens (including phenoxy) is 2. The first-order valence-electron chi connectivity index (χ1n) is 9.10. The molecule has 5 nitrogen and oxygen atoms in total. The van der Waals surface area contributed by atoms with Gasteiger partial charge in [-0.1, -0.05) is 42.5 Å². The smallest absolute Gasteiger partial charge is 0.267 e. The average molecular weight is 375 g/mol. The van der Waals surface area contributed by atoms with E-state index in [0.717, 1.165) is 16.9 Å². The van der Waals surface area contributed by atoms with Crippen molar-refractivity contribution < 1.29 is 19.4 Å². The number of carbonyl (C=O) groups excluding carboxylic acids is 1. The molecular formula is C23H21NO4. The van der Waals surface area contributed by atoms with Gasteiger partial charge in [0.1, 0.15) is 23.3 Å². The molecule has 1 aliphatic rings. The van der Waals surface area contributed by atoms with Gasteiger partial charge in [0, 0.05) is 6.54 Å². The monoisotopic (exact) mass is 375 g/mol. The summed E-state index contributed by atoms with van der Waals surface area (Å²) in [4.78, 5) is 14.7. The molecule has 1 fully saturated rings. The number of methoxy groups -OCH3 is 1. The van der Waals surface area contributed by atoms with Crippen LogP contribution in [0.3, 0.4) is 0 Å². The van der Waals surface area contributed by atoms with Crippen molar-refractivity contribution in [2.75, 3.05) is 7.11 Å². The molecule has 0 unspecified atom stereocenters. The second-order valence-corrected chi connectivity index (χ2v) is 6.70. The van der Waals surface area contributed by atoms with Gasteiger partial charge in [0.05, 0.1) is 7.11 Å². The number of β-lactam (4-membered cyclic amide) rings is 1. The third kappa shape index (κ3) is 3.51. The van der Waals surface area contributed by atoms with Gasteiger partial charge in [-0.15, -0.1) is 0 Å². The van der Waals surface area contributed by atoms with Crippen LogP contribution in [-0.2, 0) is 11.3 Å². The van der Waals surface area contributed by atoms with Crippen LogP contribution in [0.4, 0.5) is 0 Å². The molecule has 2 atom stereocenters. The highest BCUT2D eigenvalue weighted by Crippen LogP contribution is 2.39. The summed E-state index contributed by atoms with van der Waals surface area (Å²) in [6.07, 6.45) is -0.610. The van der Waals surface area contributed by atoms with Crippen LogP contribution in [0.5, 0.6) is 17.2 Å². The first-order chi connectivity index (χ1) is 13.7. The van der Waals surface area contributed by atoms with Crippen molar-refractivity contribution in [3.8, 4) is 17.2 Å². The van der Waals surface area contributed by atoms with Crippen LogP contribution in [0.25, 0.3) is 0 Å². The maximum Gasteiger partial charge on any atom is 0.267 e. The van der Waals surface area contributed by atoms with Crippen LogP contribution in [-0.4, -0.2) is 29.1 Å². The maximum absolute atomic E-state index is 12.9. The SMILES string of the molecule is COc1ccc([C@H]2[C@@H](Oc3ccc(O)cc3)C(=O)N2Cc2ccccc2)cc1. The van der Waals surface area contributed by atoms with E-state index >= 15 is 0 Å². The Morgan fingerprint density at radius 1 is 0.893 bits per heavy atom. The van der Waals surface area contributed by atoms with Gasteiger partial charge >= 0.3 is 0 Å². The van der Waals surface area contributed by atoms with E-state index in [2.05, 4.69) is 0 Å². The molecule has 0 saturated carbocycles. The molecule has 1 amide bonds. The predicted octanol–water partition coefficient (Wildman–Crippen LogP) is 3.93. The molecule has 0 aromatic heterocycles.